The van der Waals surface area contributed by atoms with Gasteiger partial charge in [-0.3, -0.25) is 9.59 Å². The number of nitrogens with zero attached hydrogens (tertiary/aromatic N) is 3. The Balaban J connectivity index is 1.39. The number of nitrogens with one attached hydrogen (secondary N) is 1. The van der Waals surface area contributed by atoms with Crippen LogP contribution in [-0.4, -0.2) is 41.3 Å². The molecule has 0 bridgehead atoms. The topological polar surface area (TPSA) is 65.5 Å². The quantitative estimate of drug-likeness (QED) is 0.867. The van der Waals surface area contributed by atoms with Gasteiger partial charge in [0, 0.05) is 44.4 Å². The van der Waals surface area contributed by atoms with Gasteiger partial charge in [-0.2, -0.15) is 0 Å². The van der Waals surface area contributed by atoms with Crippen LogP contribution in [0.4, 0.5) is 5.82 Å². The summed E-state index contributed by atoms with van der Waals surface area (Å²) < 4.78 is 0. The molecule has 6 heteroatoms. The fourth-order valence-electron chi connectivity index (χ4n) is 3.98. The van der Waals surface area contributed by atoms with E-state index in [1.807, 2.05) is 12.1 Å². The third kappa shape index (κ3) is 4.16. The third-order valence-corrected chi connectivity index (χ3v) is 5.53. The van der Waals surface area contributed by atoms with Gasteiger partial charge in [-0.1, -0.05) is 30.3 Å². The second-order valence-electron chi connectivity index (χ2n) is 7.48. The average Bonchev–Trinajstić information content (AvgIpc) is 2.74. The molecule has 1 aromatic carbocycles. The maximum Gasteiger partial charge on any atom is 0.239 e. The SMILES string of the molecule is O=C(CN1CCCCC1=O)NCc1cccnc1N1CCc2ccccc2C1. The Labute approximate surface area is 165 Å². The summed E-state index contributed by atoms with van der Waals surface area (Å²) >= 11 is 0. The van der Waals surface area contributed by atoms with E-state index in [2.05, 4.69) is 39.5 Å². The first-order chi connectivity index (χ1) is 13.7. The van der Waals surface area contributed by atoms with Crippen LogP contribution in [0.5, 0.6) is 0 Å². The monoisotopic (exact) mass is 378 g/mol. The fourth-order valence-corrected chi connectivity index (χ4v) is 3.98. The molecule has 1 aromatic heterocycles. The smallest absolute Gasteiger partial charge is 0.239 e. The second kappa shape index (κ2) is 8.42. The Morgan fingerprint density at radius 2 is 1.89 bits per heavy atom. The number of fused-ring (bicyclic) bond motifs is 1. The molecule has 3 heterocycles. The molecule has 4 rings (SSSR count). The number of rotatable bonds is 5. The predicted octanol–water partition coefficient (Wildman–Crippen LogP) is 2.27. The summed E-state index contributed by atoms with van der Waals surface area (Å²) in [7, 11) is 0. The first kappa shape index (κ1) is 18.5. The number of likely N-dealkylation sites (tertiary alicyclic amines) is 1. The van der Waals surface area contributed by atoms with Crippen LogP contribution in [0.1, 0.15) is 36.0 Å². The number of amides is 2. The fraction of sp³-hybridized carbons (Fsp3) is 0.409. The molecule has 0 atom stereocenters. The van der Waals surface area contributed by atoms with E-state index in [0.717, 1.165) is 43.7 Å². The number of hydrogen-bond donors (Lipinski definition) is 1. The summed E-state index contributed by atoms with van der Waals surface area (Å²) in [6, 6.07) is 12.4. The highest BCUT2D eigenvalue weighted by molar-refractivity contribution is 5.85. The molecule has 1 saturated heterocycles. The summed E-state index contributed by atoms with van der Waals surface area (Å²) in [5, 5.41) is 2.97. The molecule has 0 unspecified atom stereocenters. The summed E-state index contributed by atoms with van der Waals surface area (Å²) in [6.45, 7) is 2.99. The molecule has 2 aliphatic heterocycles. The number of pyridine rings is 1. The van der Waals surface area contributed by atoms with E-state index < -0.39 is 0 Å². The average molecular weight is 378 g/mol. The van der Waals surface area contributed by atoms with Crippen LogP contribution in [0.25, 0.3) is 0 Å². The van der Waals surface area contributed by atoms with Gasteiger partial charge in [-0.05, 0) is 36.5 Å². The summed E-state index contributed by atoms with van der Waals surface area (Å²) in [5.74, 6) is 0.885. The standard InChI is InChI=1S/C22H26N4O2/c27-20(16-25-12-4-3-9-21(25)28)24-14-18-8-5-11-23-22(18)26-13-10-17-6-1-2-7-19(17)15-26/h1-2,5-8,11H,3-4,9-10,12-16H2,(H,24,27). The molecule has 0 spiro atoms. The maximum absolute atomic E-state index is 12.3. The Morgan fingerprint density at radius 1 is 1.04 bits per heavy atom. The van der Waals surface area contributed by atoms with Crippen LogP contribution in [0.15, 0.2) is 42.6 Å². The van der Waals surface area contributed by atoms with Gasteiger partial charge in [0.15, 0.2) is 0 Å². The highest BCUT2D eigenvalue weighted by atomic mass is 16.2. The molecule has 0 saturated carbocycles. The van der Waals surface area contributed by atoms with Gasteiger partial charge in [-0.25, -0.2) is 4.98 Å². The lowest BCUT2D eigenvalue weighted by Crippen LogP contribution is -2.43. The lowest BCUT2D eigenvalue weighted by atomic mass is 9.99. The molecule has 2 amide bonds. The van der Waals surface area contributed by atoms with E-state index in [1.165, 1.54) is 11.1 Å². The zero-order valence-electron chi connectivity index (χ0n) is 16.1. The molecule has 6 nitrogen and oxygen atoms in total. The first-order valence-electron chi connectivity index (χ1n) is 10.0. The normalized spacial score (nSPS) is 16.6. The molecule has 2 aliphatic rings. The van der Waals surface area contributed by atoms with Gasteiger partial charge >= 0.3 is 0 Å². The van der Waals surface area contributed by atoms with Crippen molar-refractivity contribution in [2.45, 2.75) is 38.8 Å². The summed E-state index contributed by atoms with van der Waals surface area (Å²) in [4.78, 5) is 32.8. The molecular formula is C22H26N4O2. The minimum atomic E-state index is -0.117. The Kier molecular flexibility index (Phi) is 5.55. The van der Waals surface area contributed by atoms with Gasteiger partial charge in [0.2, 0.25) is 11.8 Å². The van der Waals surface area contributed by atoms with Crippen molar-refractivity contribution >= 4 is 17.6 Å². The van der Waals surface area contributed by atoms with Crippen molar-refractivity contribution in [3.63, 3.8) is 0 Å². The second-order valence-corrected chi connectivity index (χ2v) is 7.48. The van der Waals surface area contributed by atoms with Gasteiger partial charge in [0.05, 0.1) is 6.54 Å². The van der Waals surface area contributed by atoms with E-state index in [1.54, 1.807) is 11.1 Å². The molecule has 146 valence electrons. The Morgan fingerprint density at radius 3 is 2.75 bits per heavy atom. The maximum atomic E-state index is 12.3. The van der Waals surface area contributed by atoms with Crippen molar-refractivity contribution in [2.75, 3.05) is 24.5 Å². The van der Waals surface area contributed by atoms with Crippen LogP contribution >= 0.6 is 0 Å². The number of piperidine rings is 1. The van der Waals surface area contributed by atoms with Crippen molar-refractivity contribution in [3.8, 4) is 0 Å². The van der Waals surface area contributed by atoms with Gasteiger partial charge in [0.1, 0.15) is 5.82 Å². The van der Waals surface area contributed by atoms with Crippen molar-refractivity contribution < 1.29 is 9.59 Å². The van der Waals surface area contributed by atoms with Crippen molar-refractivity contribution in [1.29, 1.82) is 0 Å². The highest BCUT2D eigenvalue weighted by Crippen LogP contribution is 2.25. The number of hydrogen-bond acceptors (Lipinski definition) is 4. The predicted molar refractivity (Wildman–Crippen MR) is 108 cm³/mol. The third-order valence-electron chi connectivity index (χ3n) is 5.53. The Hall–Kier alpha value is -2.89. The summed E-state index contributed by atoms with van der Waals surface area (Å²) in [5.41, 5.74) is 3.73. The highest BCUT2D eigenvalue weighted by Gasteiger charge is 2.22. The van der Waals surface area contributed by atoms with Gasteiger partial charge < -0.3 is 15.1 Å². The van der Waals surface area contributed by atoms with Crippen LogP contribution in [0.3, 0.4) is 0 Å². The Bertz CT molecular complexity index is 867. The van der Waals surface area contributed by atoms with E-state index in [-0.39, 0.29) is 18.4 Å². The van der Waals surface area contributed by atoms with Crippen molar-refractivity contribution in [3.05, 3.63) is 59.3 Å². The van der Waals surface area contributed by atoms with Gasteiger partial charge in [-0.15, -0.1) is 0 Å². The van der Waals surface area contributed by atoms with Crippen LogP contribution in [0, 0.1) is 0 Å². The van der Waals surface area contributed by atoms with Crippen LogP contribution < -0.4 is 10.2 Å². The summed E-state index contributed by atoms with van der Waals surface area (Å²) in [6.07, 6.45) is 5.25. The molecule has 1 fully saturated rings. The minimum Gasteiger partial charge on any atom is -0.352 e. The van der Waals surface area contributed by atoms with Crippen LogP contribution in [-0.2, 0) is 29.1 Å². The van der Waals surface area contributed by atoms with Crippen LogP contribution in [0.2, 0.25) is 0 Å². The van der Waals surface area contributed by atoms with Crippen molar-refractivity contribution in [2.24, 2.45) is 0 Å². The number of carbonyl (C=O) groups is 2. The van der Waals surface area contributed by atoms with E-state index in [9.17, 15) is 9.59 Å². The number of carbonyl (C=O) groups excluding carboxylic acids is 2. The first-order valence-corrected chi connectivity index (χ1v) is 10.0. The zero-order valence-corrected chi connectivity index (χ0v) is 16.1. The van der Waals surface area contributed by atoms with E-state index in [0.29, 0.717) is 19.5 Å². The largest absolute Gasteiger partial charge is 0.352 e. The minimum absolute atomic E-state index is 0.0791. The number of benzene rings is 1. The van der Waals surface area contributed by atoms with E-state index >= 15 is 0 Å². The number of aromatic nitrogens is 1. The van der Waals surface area contributed by atoms with Crippen molar-refractivity contribution in [1.82, 2.24) is 15.2 Å². The lowest BCUT2D eigenvalue weighted by molar-refractivity contribution is -0.137. The lowest BCUT2D eigenvalue weighted by Gasteiger charge is -2.31. The van der Waals surface area contributed by atoms with Gasteiger partial charge in [0.25, 0.3) is 0 Å². The molecule has 28 heavy (non-hydrogen) atoms. The molecule has 0 aliphatic carbocycles. The molecule has 2 aromatic rings. The number of anilines is 1. The molecule has 1 N–H and O–H groups in total. The zero-order chi connectivity index (χ0) is 19.3. The molecule has 0 radical (unpaired) electrons. The molecular weight excluding hydrogens is 352 g/mol. The van der Waals surface area contributed by atoms with E-state index in [4.69, 9.17) is 0 Å².